The lowest BCUT2D eigenvalue weighted by Gasteiger charge is -2.33. The van der Waals surface area contributed by atoms with Gasteiger partial charge in [-0.1, -0.05) is 42.5 Å². The van der Waals surface area contributed by atoms with Crippen LogP contribution in [0.5, 0.6) is 0 Å². The summed E-state index contributed by atoms with van der Waals surface area (Å²) in [4.78, 5) is 16.1. The second-order valence-corrected chi connectivity index (χ2v) is 8.63. The highest BCUT2D eigenvalue weighted by atomic mass is 32.2. The Labute approximate surface area is 162 Å². The van der Waals surface area contributed by atoms with Crippen molar-refractivity contribution in [2.75, 3.05) is 32.7 Å². The molecule has 0 spiro atoms. The van der Waals surface area contributed by atoms with Crippen molar-refractivity contribution in [1.29, 1.82) is 0 Å². The molecule has 1 saturated heterocycles. The normalized spacial score (nSPS) is 16.9. The minimum absolute atomic E-state index is 0.139. The van der Waals surface area contributed by atoms with Crippen molar-refractivity contribution >= 4 is 27.2 Å². The van der Waals surface area contributed by atoms with Crippen molar-refractivity contribution in [2.24, 2.45) is 0 Å². The molecule has 1 N–H and O–H groups in total. The van der Waals surface area contributed by atoms with Crippen LogP contribution in [0, 0.1) is 0 Å². The maximum atomic E-state index is 12.9. The van der Waals surface area contributed by atoms with E-state index >= 15 is 0 Å². The summed E-state index contributed by atoms with van der Waals surface area (Å²) < 4.78 is 32.3. The van der Waals surface area contributed by atoms with E-state index in [0.29, 0.717) is 31.7 Å². The molecular formula is C20H21N3O4S. The summed E-state index contributed by atoms with van der Waals surface area (Å²) in [5, 5.41) is 0. The summed E-state index contributed by atoms with van der Waals surface area (Å²) in [6, 6.07) is 14.5. The molecule has 28 heavy (non-hydrogen) atoms. The first-order valence-electron chi connectivity index (χ1n) is 9.09. The third kappa shape index (κ3) is 3.94. The monoisotopic (exact) mass is 399 g/mol. The quantitative estimate of drug-likeness (QED) is 0.710. The van der Waals surface area contributed by atoms with Gasteiger partial charge in [0, 0.05) is 38.8 Å². The smallest absolute Gasteiger partial charge is 0.408 e. The predicted molar refractivity (Wildman–Crippen MR) is 108 cm³/mol. The molecule has 1 aliphatic rings. The molecule has 7 nitrogen and oxygen atoms in total. The topological polar surface area (TPSA) is 86.6 Å². The van der Waals surface area contributed by atoms with Gasteiger partial charge in [0.2, 0.25) is 10.0 Å². The number of aromatic nitrogens is 1. The maximum absolute atomic E-state index is 12.9. The maximum Gasteiger partial charge on any atom is 0.417 e. The van der Waals surface area contributed by atoms with Gasteiger partial charge in [-0.3, -0.25) is 9.88 Å². The van der Waals surface area contributed by atoms with Crippen molar-refractivity contribution < 1.29 is 12.8 Å². The second-order valence-electron chi connectivity index (χ2n) is 6.69. The van der Waals surface area contributed by atoms with Crippen LogP contribution in [0.3, 0.4) is 0 Å². The molecule has 0 saturated carbocycles. The zero-order valence-corrected chi connectivity index (χ0v) is 16.1. The van der Waals surface area contributed by atoms with E-state index in [2.05, 4.69) is 22.0 Å². The van der Waals surface area contributed by atoms with E-state index in [1.807, 2.05) is 30.3 Å². The standard InChI is InChI=1S/C20H21N3O4S/c24-20-21-18-9-8-17(15-19(18)27-20)28(25,26)23-13-11-22(12-14-23)10-4-7-16-5-2-1-3-6-16/h1-9,15H,10-14H2,(H,21,24)/b7-4+. The van der Waals surface area contributed by atoms with E-state index < -0.39 is 15.8 Å². The Bertz CT molecular complexity index is 1140. The molecule has 1 aliphatic heterocycles. The van der Waals surface area contributed by atoms with E-state index in [1.54, 1.807) is 6.07 Å². The van der Waals surface area contributed by atoms with Gasteiger partial charge in [0.15, 0.2) is 5.58 Å². The first kappa shape index (κ1) is 18.7. The Morgan fingerprint density at radius 1 is 1.04 bits per heavy atom. The van der Waals surface area contributed by atoms with Crippen LogP contribution >= 0.6 is 0 Å². The van der Waals surface area contributed by atoms with Crippen molar-refractivity contribution in [3.8, 4) is 0 Å². The molecule has 0 amide bonds. The number of H-pyrrole nitrogens is 1. The molecule has 146 valence electrons. The molecule has 2 aromatic carbocycles. The number of oxazole rings is 1. The fourth-order valence-corrected chi connectivity index (χ4v) is 4.73. The van der Waals surface area contributed by atoms with Gasteiger partial charge in [0.25, 0.3) is 0 Å². The van der Waals surface area contributed by atoms with Crippen LogP contribution < -0.4 is 5.76 Å². The minimum Gasteiger partial charge on any atom is -0.408 e. The van der Waals surface area contributed by atoms with Crippen LogP contribution in [-0.2, 0) is 10.0 Å². The van der Waals surface area contributed by atoms with Gasteiger partial charge >= 0.3 is 5.76 Å². The molecule has 0 aliphatic carbocycles. The molecule has 1 fully saturated rings. The van der Waals surface area contributed by atoms with Crippen LogP contribution in [0.15, 0.2) is 68.7 Å². The average molecular weight is 399 g/mol. The van der Waals surface area contributed by atoms with Crippen LogP contribution in [0.1, 0.15) is 5.56 Å². The van der Waals surface area contributed by atoms with Gasteiger partial charge in [-0.15, -0.1) is 0 Å². The number of rotatable bonds is 5. The largest absolute Gasteiger partial charge is 0.417 e. The summed E-state index contributed by atoms with van der Waals surface area (Å²) >= 11 is 0. The zero-order chi connectivity index (χ0) is 19.6. The molecule has 0 unspecified atom stereocenters. The lowest BCUT2D eigenvalue weighted by atomic mass is 10.2. The Morgan fingerprint density at radius 3 is 2.54 bits per heavy atom. The SMILES string of the molecule is O=c1[nH]c2ccc(S(=O)(=O)N3CCN(C/C=C/c4ccccc4)CC3)cc2o1. The van der Waals surface area contributed by atoms with Crippen LogP contribution in [0.4, 0.5) is 0 Å². The van der Waals surface area contributed by atoms with E-state index in [0.717, 1.165) is 12.1 Å². The third-order valence-electron chi connectivity index (χ3n) is 4.83. The number of nitrogens with one attached hydrogen (secondary N) is 1. The fourth-order valence-electron chi connectivity index (χ4n) is 3.29. The lowest BCUT2D eigenvalue weighted by Crippen LogP contribution is -2.48. The number of sulfonamides is 1. The molecular weight excluding hydrogens is 378 g/mol. The van der Waals surface area contributed by atoms with Crippen LogP contribution in [0.25, 0.3) is 17.2 Å². The van der Waals surface area contributed by atoms with Gasteiger partial charge in [0.1, 0.15) is 0 Å². The molecule has 0 atom stereocenters. The van der Waals surface area contributed by atoms with Crippen molar-refractivity contribution in [3.05, 3.63) is 70.7 Å². The van der Waals surface area contributed by atoms with E-state index in [-0.39, 0.29) is 10.5 Å². The van der Waals surface area contributed by atoms with E-state index in [9.17, 15) is 13.2 Å². The molecule has 0 radical (unpaired) electrons. The Morgan fingerprint density at radius 2 is 1.79 bits per heavy atom. The summed E-state index contributed by atoms with van der Waals surface area (Å²) in [5.74, 6) is -0.596. The minimum atomic E-state index is -3.62. The molecule has 3 aromatic rings. The summed E-state index contributed by atoms with van der Waals surface area (Å²) in [7, 11) is -3.62. The number of hydrogen-bond donors (Lipinski definition) is 1. The second kappa shape index (κ2) is 7.75. The number of fused-ring (bicyclic) bond motifs is 1. The van der Waals surface area contributed by atoms with Crippen molar-refractivity contribution in [2.45, 2.75) is 4.90 Å². The number of aromatic amines is 1. The highest BCUT2D eigenvalue weighted by Gasteiger charge is 2.28. The molecule has 2 heterocycles. The number of benzene rings is 2. The average Bonchev–Trinajstić information content (AvgIpc) is 3.08. The highest BCUT2D eigenvalue weighted by molar-refractivity contribution is 7.89. The number of nitrogens with zero attached hydrogens (tertiary/aromatic N) is 2. The van der Waals surface area contributed by atoms with Gasteiger partial charge < -0.3 is 4.42 Å². The van der Waals surface area contributed by atoms with Crippen molar-refractivity contribution in [3.63, 3.8) is 0 Å². The van der Waals surface area contributed by atoms with E-state index in [4.69, 9.17) is 4.42 Å². The van der Waals surface area contributed by atoms with E-state index in [1.165, 1.54) is 16.4 Å². The third-order valence-corrected chi connectivity index (χ3v) is 6.73. The lowest BCUT2D eigenvalue weighted by molar-refractivity contribution is 0.204. The fraction of sp³-hybridized carbons (Fsp3) is 0.250. The summed E-state index contributed by atoms with van der Waals surface area (Å²) in [6.07, 6.45) is 4.17. The Kier molecular flexibility index (Phi) is 5.17. The summed E-state index contributed by atoms with van der Waals surface area (Å²) in [5.41, 5.74) is 1.88. The molecule has 1 aromatic heterocycles. The first-order valence-corrected chi connectivity index (χ1v) is 10.5. The number of hydrogen-bond acceptors (Lipinski definition) is 5. The first-order chi connectivity index (χ1) is 13.5. The number of piperazine rings is 1. The van der Waals surface area contributed by atoms with Gasteiger partial charge in [0.05, 0.1) is 10.4 Å². The van der Waals surface area contributed by atoms with Crippen LogP contribution in [0.2, 0.25) is 0 Å². The van der Waals surface area contributed by atoms with Gasteiger partial charge in [-0.25, -0.2) is 13.2 Å². The summed E-state index contributed by atoms with van der Waals surface area (Å²) in [6.45, 7) is 2.97. The van der Waals surface area contributed by atoms with Crippen LogP contribution in [-0.4, -0.2) is 55.3 Å². The van der Waals surface area contributed by atoms with Crippen molar-refractivity contribution in [1.82, 2.24) is 14.2 Å². The Hall–Kier alpha value is -2.68. The van der Waals surface area contributed by atoms with Gasteiger partial charge in [-0.2, -0.15) is 4.31 Å². The molecule has 0 bridgehead atoms. The molecule has 4 rings (SSSR count). The predicted octanol–water partition coefficient (Wildman–Crippen LogP) is 2.14. The zero-order valence-electron chi connectivity index (χ0n) is 15.2. The molecule has 8 heteroatoms. The van der Waals surface area contributed by atoms with Gasteiger partial charge in [-0.05, 0) is 17.7 Å². The highest BCUT2D eigenvalue weighted by Crippen LogP contribution is 2.21. The Balaban J connectivity index is 1.39.